The van der Waals surface area contributed by atoms with Crippen LogP contribution in [0.4, 0.5) is 9.52 Å². The first-order valence-corrected chi connectivity index (χ1v) is 15.6. The first-order valence-electron chi connectivity index (χ1n) is 14.7. The third-order valence-electron chi connectivity index (χ3n) is 8.00. The van der Waals surface area contributed by atoms with Crippen LogP contribution in [0, 0.1) is 18.7 Å². The summed E-state index contributed by atoms with van der Waals surface area (Å²) < 4.78 is 32.4. The summed E-state index contributed by atoms with van der Waals surface area (Å²) >= 11 is 1.49. The molecule has 9 heteroatoms. The molecule has 42 heavy (non-hydrogen) atoms. The minimum Gasteiger partial charge on any atom is -0.488 e. The van der Waals surface area contributed by atoms with Gasteiger partial charge in [-0.25, -0.2) is 9.37 Å². The number of hydrogen-bond acceptors (Lipinski definition) is 8. The van der Waals surface area contributed by atoms with Crippen LogP contribution in [-0.4, -0.2) is 55.9 Å². The minimum absolute atomic E-state index is 0.230. The number of benzene rings is 2. The standard InChI is InChI=1S/C33H42FN3O4S/c1-20-13-24(34)15-27(30(20)40-18-22-7-8-23-9-11-35-16-21(2)26(23)14-22)28-19-42-32(36-28)37-12-10-25(29(17-37)39-6)31(38)41-33(3,4)5/h7-8,13-15,19,21,25,29,35H,9-12,16-18H2,1-6H3/t21-,25-,29+/m0/s1. The van der Waals surface area contributed by atoms with Crippen molar-refractivity contribution in [2.24, 2.45) is 5.92 Å². The van der Waals surface area contributed by atoms with Crippen molar-refractivity contribution in [2.45, 2.75) is 71.7 Å². The van der Waals surface area contributed by atoms with Crippen LogP contribution in [-0.2, 0) is 27.3 Å². The highest BCUT2D eigenvalue weighted by Gasteiger charge is 2.38. The maximum atomic E-state index is 14.7. The van der Waals surface area contributed by atoms with Crippen molar-refractivity contribution >= 4 is 22.4 Å². The molecule has 1 saturated heterocycles. The lowest BCUT2D eigenvalue weighted by atomic mass is 9.93. The van der Waals surface area contributed by atoms with E-state index in [1.165, 1.54) is 34.6 Å². The number of nitrogens with zero attached hydrogens (tertiary/aromatic N) is 2. The number of esters is 1. The van der Waals surface area contributed by atoms with Crippen LogP contribution in [0.1, 0.15) is 62.3 Å². The first kappa shape index (κ1) is 30.4. The summed E-state index contributed by atoms with van der Waals surface area (Å²) in [5.41, 5.74) is 5.32. The number of carbonyl (C=O) groups is 1. The molecule has 0 radical (unpaired) electrons. The van der Waals surface area contributed by atoms with Gasteiger partial charge < -0.3 is 24.4 Å². The van der Waals surface area contributed by atoms with Crippen molar-refractivity contribution in [2.75, 3.05) is 38.2 Å². The summed E-state index contributed by atoms with van der Waals surface area (Å²) in [4.78, 5) is 19.8. The number of piperidine rings is 1. The van der Waals surface area contributed by atoms with E-state index in [0.29, 0.717) is 49.0 Å². The number of halogens is 1. The van der Waals surface area contributed by atoms with E-state index in [4.69, 9.17) is 19.2 Å². The highest BCUT2D eigenvalue weighted by atomic mass is 32.1. The monoisotopic (exact) mass is 595 g/mol. The number of aromatic nitrogens is 1. The SMILES string of the molecule is CO[C@@H]1CN(c2nc(-c3cc(F)cc(C)c3OCc3ccc4c(c3)[C@@H](C)CNCC4)cs2)CC[C@@H]1C(=O)OC(C)(C)C. The van der Waals surface area contributed by atoms with E-state index in [1.54, 1.807) is 7.11 Å². The van der Waals surface area contributed by atoms with Crippen LogP contribution in [0.25, 0.3) is 11.3 Å². The second-order valence-corrected chi connectivity index (χ2v) is 13.3. The normalized spacial score (nSPS) is 21.0. The number of thiazole rings is 1. The lowest BCUT2D eigenvalue weighted by molar-refractivity contribution is -0.165. The highest BCUT2D eigenvalue weighted by Crippen LogP contribution is 2.38. The van der Waals surface area contributed by atoms with Gasteiger partial charge in [0.2, 0.25) is 0 Å². The van der Waals surface area contributed by atoms with E-state index in [0.717, 1.165) is 35.8 Å². The molecule has 226 valence electrons. The first-order chi connectivity index (χ1) is 20.0. The number of hydrogen-bond donors (Lipinski definition) is 1. The summed E-state index contributed by atoms with van der Waals surface area (Å²) in [6.07, 6.45) is 1.32. The second-order valence-electron chi connectivity index (χ2n) is 12.4. The predicted octanol–water partition coefficient (Wildman–Crippen LogP) is 6.27. The van der Waals surface area contributed by atoms with Gasteiger partial charge in [0.25, 0.3) is 0 Å². The molecule has 0 spiro atoms. The Balaban J connectivity index is 1.33. The smallest absolute Gasteiger partial charge is 0.312 e. The van der Waals surface area contributed by atoms with Gasteiger partial charge in [0, 0.05) is 37.7 Å². The third-order valence-corrected chi connectivity index (χ3v) is 8.90. The lowest BCUT2D eigenvalue weighted by Crippen LogP contribution is -2.49. The number of rotatable bonds is 7. The Morgan fingerprint density at radius 2 is 2.05 bits per heavy atom. The molecule has 7 nitrogen and oxygen atoms in total. The van der Waals surface area contributed by atoms with Gasteiger partial charge in [-0.05, 0) is 87.4 Å². The predicted molar refractivity (Wildman–Crippen MR) is 165 cm³/mol. The highest BCUT2D eigenvalue weighted by molar-refractivity contribution is 7.14. The minimum atomic E-state index is -0.547. The van der Waals surface area contributed by atoms with Crippen LogP contribution >= 0.6 is 11.3 Å². The van der Waals surface area contributed by atoms with Crippen LogP contribution in [0.3, 0.4) is 0 Å². The van der Waals surface area contributed by atoms with Crippen molar-refractivity contribution in [1.29, 1.82) is 0 Å². The summed E-state index contributed by atoms with van der Waals surface area (Å²) in [7, 11) is 1.62. The third kappa shape index (κ3) is 6.96. The molecule has 0 bridgehead atoms. The molecule has 0 saturated carbocycles. The van der Waals surface area contributed by atoms with Gasteiger partial charge in [0.15, 0.2) is 5.13 Å². The van der Waals surface area contributed by atoms with Gasteiger partial charge in [0.1, 0.15) is 23.8 Å². The van der Waals surface area contributed by atoms with Crippen molar-refractivity contribution in [3.8, 4) is 17.0 Å². The Morgan fingerprint density at radius 3 is 2.81 bits per heavy atom. The molecular weight excluding hydrogens is 553 g/mol. The number of fused-ring (bicyclic) bond motifs is 1. The molecule has 0 unspecified atom stereocenters. The Bertz CT molecular complexity index is 1420. The summed E-state index contributed by atoms with van der Waals surface area (Å²) in [5, 5.41) is 6.24. The van der Waals surface area contributed by atoms with Gasteiger partial charge in [0.05, 0.1) is 17.7 Å². The Labute approximate surface area is 252 Å². The number of anilines is 1. The van der Waals surface area contributed by atoms with Crippen LogP contribution in [0.5, 0.6) is 5.75 Å². The van der Waals surface area contributed by atoms with E-state index in [9.17, 15) is 9.18 Å². The van der Waals surface area contributed by atoms with Gasteiger partial charge >= 0.3 is 5.97 Å². The fourth-order valence-electron chi connectivity index (χ4n) is 5.85. The molecule has 2 aliphatic rings. The topological polar surface area (TPSA) is 72.9 Å². The van der Waals surface area contributed by atoms with Crippen molar-refractivity contribution in [1.82, 2.24) is 10.3 Å². The maximum absolute atomic E-state index is 14.7. The van der Waals surface area contributed by atoms with E-state index >= 15 is 0 Å². The average molecular weight is 596 g/mol. The number of methoxy groups -OCH3 is 1. The Morgan fingerprint density at radius 1 is 1.24 bits per heavy atom. The lowest BCUT2D eigenvalue weighted by Gasteiger charge is -2.37. The molecule has 2 aromatic carbocycles. The zero-order valence-corrected chi connectivity index (χ0v) is 26.3. The second kappa shape index (κ2) is 12.7. The fraction of sp³-hybridized carbons (Fsp3) is 0.515. The van der Waals surface area contributed by atoms with Crippen LogP contribution in [0.15, 0.2) is 35.7 Å². The van der Waals surface area contributed by atoms with Gasteiger partial charge in [-0.3, -0.25) is 4.79 Å². The van der Waals surface area contributed by atoms with Gasteiger partial charge in [-0.2, -0.15) is 0 Å². The molecule has 3 aromatic rings. The van der Waals surface area contributed by atoms with Gasteiger partial charge in [-0.1, -0.05) is 25.1 Å². The summed E-state index contributed by atoms with van der Waals surface area (Å²) in [6.45, 7) is 13.2. The van der Waals surface area contributed by atoms with E-state index in [1.807, 2.05) is 33.1 Å². The zero-order chi connectivity index (χ0) is 30.0. The largest absolute Gasteiger partial charge is 0.488 e. The maximum Gasteiger partial charge on any atom is 0.312 e. The van der Waals surface area contributed by atoms with Crippen molar-refractivity contribution in [3.05, 3.63) is 63.8 Å². The number of aryl methyl sites for hydroxylation is 1. The number of ether oxygens (including phenoxy) is 3. The van der Waals surface area contributed by atoms with Crippen molar-refractivity contribution in [3.63, 3.8) is 0 Å². The molecule has 3 heterocycles. The summed E-state index contributed by atoms with van der Waals surface area (Å²) in [6, 6.07) is 9.59. The van der Waals surface area contributed by atoms with E-state index < -0.39 is 5.60 Å². The molecular formula is C33H42FN3O4S. The van der Waals surface area contributed by atoms with Gasteiger partial charge in [-0.15, -0.1) is 11.3 Å². The fourth-order valence-corrected chi connectivity index (χ4v) is 6.71. The molecule has 3 atom stereocenters. The molecule has 0 aliphatic carbocycles. The Kier molecular flexibility index (Phi) is 9.20. The molecule has 1 aromatic heterocycles. The Hall–Kier alpha value is -3.01. The van der Waals surface area contributed by atoms with E-state index in [2.05, 4.69) is 35.3 Å². The zero-order valence-electron chi connectivity index (χ0n) is 25.5. The number of nitrogens with one attached hydrogen (secondary N) is 1. The van der Waals surface area contributed by atoms with Crippen LogP contribution in [0.2, 0.25) is 0 Å². The number of carbonyl (C=O) groups excluding carboxylic acids is 1. The van der Waals surface area contributed by atoms with Crippen LogP contribution < -0.4 is 15.0 Å². The molecule has 0 amide bonds. The quantitative estimate of drug-likeness (QED) is 0.323. The average Bonchev–Trinajstić information content (AvgIpc) is 3.36. The molecule has 1 fully saturated rings. The van der Waals surface area contributed by atoms with Crippen molar-refractivity contribution < 1.29 is 23.4 Å². The molecule has 2 aliphatic heterocycles. The van der Waals surface area contributed by atoms with E-state index in [-0.39, 0.29) is 23.8 Å². The molecule has 5 rings (SSSR count). The summed E-state index contributed by atoms with van der Waals surface area (Å²) in [5.74, 6) is 0.185. The molecule has 1 N–H and O–H groups in total.